The lowest BCUT2D eigenvalue weighted by molar-refractivity contribution is -0.385. The molecule has 10 heteroatoms. The van der Waals surface area contributed by atoms with E-state index < -0.39 is 14.9 Å². The smallest absolute Gasteiger partial charge is 0.311 e. The van der Waals surface area contributed by atoms with Crippen molar-refractivity contribution in [3.8, 4) is 11.5 Å². The molecule has 1 aromatic heterocycles. The minimum absolute atomic E-state index is 0.0502. The molecule has 2 aromatic rings. The lowest BCUT2D eigenvalue weighted by atomic mass is 10.1. The molecule has 0 aliphatic rings. The predicted octanol–water partition coefficient (Wildman–Crippen LogP) is 3.26. The van der Waals surface area contributed by atoms with Crippen molar-refractivity contribution in [2.24, 2.45) is 4.40 Å². The van der Waals surface area contributed by atoms with E-state index >= 15 is 0 Å². The highest BCUT2D eigenvalue weighted by atomic mass is 32.2. The van der Waals surface area contributed by atoms with E-state index in [0.717, 1.165) is 17.6 Å². The van der Waals surface area contributed by atoms with Gasteiger partial charge in [0, 0.05) is 17.7 Å². The first kappa shape index (κ1) is 18.9. The van der Waals surface area contributed by atoms with Crippen LogP contribution in [0.3, 0.4) is 0 Å². The van der Waals surface area contributed by atoms with Gasteiger partial charge in [0.2, 0.25) is 5.75 Å². The van der Waals surface area contributed by atoms with Crippen molar-refractivity contribution in [2.75, 3.05) is 13.2 Å². The number of thiophene rings is 1. The van der Waals surface area contributed by atoms with Gasteiger partial charge in [0.25, 0.3) is 10.0 Å². The molecular weight excluding hydrogens is 368 g/mol. The van der Waals surface area contributed by atoms with Gasteiger partial charge in [0.1, 0.15) is 9.96 Å². The third kappa shape index (κ3) is 4.54. The molecule has 0 amide bonds. The van der Waals surface area contributed by atoms with Crippen molar-refractivity contribution in [2.45, 2.75) is 18.1 Å². The molecule has 0 fully saturated rings. The standard InChI is InChI=1S/C15H16N2O6S2/c1-3-22-13-9-14(23-4-2)12(17(18)19)8-11(13)10-16-25(20,21)15-6-5-7-24-15/h5-10H,3-4H2,1-2H3/b16-10-. The quantitative estimate of drug-likeness (QED) is 0.393. The molecular formula is C15H16N2O6S2. The molecule has 0 aliphatic heterocycles. The highest BCUT2D eigenvalue weighted by Crippen LogP contribution is 2.34. The van der Waals surface area contributed by atoms with Gasteiger partial charge in [-0.15, -0.1) is 11.3 Å². The second-order valence-electron chi connectivity index (χ2n) is 4.62. The van der Waals surface area contributed by atoms with Gasteiger partial charge in [-0.1, -0.05) is 6.07 Å². The monoisotopic (exact) mass is 384 g/mol. The summed E-state index contributed by atoms with van der Waals surface area (Å²) in [5, 5.41) is 12.9. The van der Waals surface area contributed by atoms with Crippen LogP contribution in [0, 0.1) is 10.1 Å². The minimum Gasteiger partial charge on any atom is -0.493 e. The Bertz CT molecular complexity index is 876. The van der Waals surface area contributed by atoms with Crippen LogP contribution in [0.15, 0.2) is 38.3 Å². The van der Waals surface area contributed by atoms with Gasteiger partial charge in [0.05, 0.1) is 24.4 Å². The molecule has 8 nitrogen and oxygen atoms in total. The summed E-state index contributed by atoms with van der Waals surface area (Å²) in [7, 11) is -3.87. The van der Waals surface area contributed by atoms with Crippen LogP contribution in [0.4, 0.5) is 5.69 Å². The van der Waals surface area contributed by atoms with Crippen LogP contribution in [-0.2, 0) is 10.0 Å². The molecule has 0 aliphatic carbocycles. The van der Waals surface area contributed by atoms with Gasteiger partial charge >= 0.3 is 5.69 Å². The Labute approximate surface area is 148 Å². The number of ether oxygens (including phenoxy) is 2. The number of sulfonamides is 1. The van der Waals surface area contributed by atoms with Crippen molar-refractivity contribution in [1.82, 2.24) is 0 Å². The van der Waals surface area contributed by atoms with Crippen LogP contribution >= 0.6 is 11.3 Å². The Morgan fingerprint density at radius 1 is 1.24 bits per heavy atom. The molecule has 0 N–H and O–H groups in total. The van der Waals surface area contributed by atoms with E-state index in [2.05, 4.69) is 4.40 Å². The fourth-order valence-electron chi connectivity index (χ4n) is 1.95. The average molecular weight is 384 g/mol. The minimum atomic E-state index is -3.87. The van der Waals surface area contributed by atoms with Gasteiger partial charge in [-0.2, -0.15) is 12.8 Å². The van der Waals surface area contributed by atoms with Gasteiger partial charge in [-0.3, -0.25) is 10.1 Å². The Morgan fingerprint density at radius 2 is 1.92 bits per heavy atom. The predicted molar refractivity (Wildman–Crippen MR) is 94.5 cm³/mol. The molecule has 0 radical (unpaired) electrons. The number of benzene rings is 1. The van der Waals surface area contributed by atoms with E-state index in [4.69, 9.17) is 9.47 Å². The highest BCUT2D eigenvalue weighted by Gasteiger charge is 2.20. The summed E-state index contributed by atoms with van der Waals surface area (Å²) in [5.74, 6) is 0.302. The molecule has 1 aromatic carbocycles. The van der Waals surface area contributed by atoms with Crippen molar-refractivity contribution in [3.63, 3.8) is 0 Å². The van der Waals surface area contributed by atoms with Crippen LogP contribution in [0.25, 0.3) is 0 Å². The Hall–Kier alpha value is -2.46. The number of rotatable bonds is 8. The lowest BCUT2D eigenvalue weighted by Gasteiger charge is -2.10. The summed E-state index contributed by atoms with van der Waals surface area (Å²) in [4.78, 5) is 10.6. The zero-order chi connectivity index (χ0) is 18.4. The molecule has 0 bridgehead atoms. The molecule has 0 unspecified atom stereocenters. The van der Waals surface area contributed by atoms with Crippen molar-refractivity contribution in [3.05, 3.63) is 45.3 Å². The van der Waals surface area contributed by atoms with Gasteiger partial charge in [0.15, 0.2) is 0 Å². The van der Waals surface area contributed by atoms with Crippen LogP contribution in [-0.4, -0.2) is 32.8 Å². The summed E-state index contributed by atoms with van der Waals surface area (Å²) in [6, 6.07) is 5.58. The number of nitro groups is 1. The number of nitro benzene ring substituents is 1. The molecule has 2 rings (SSSR count). The third-order valence-electron chi connectivity index (χ3n) is 2.97. The Morgan fingerprint density at radius 3 is 2.48 bits per heavy atom. The van der Waals surface area contributed by atoms with Crippen LogP contribution in [0.5, 0.6) is 11.5 Å². The van der Waals surface area contributed by atoms with Crippen LogP contribution in [0.1, 0.15) is 19.4 Å². The molecule has 1 heterocycles. The van der Waals surface area contributed by atoms with Crippen molar-refractivity contribution >= 4 is 33.3 Å². The molecule has 0 spiro atoms. The van der Waals surface area contributed by atoms with Gasteiger partial charge < -0.3 is 9.47 Å². The second-order valence-corrected chi connectivity index (χ2v) is 7.43. The summed E-state index contributed by atoms with van der Waals surface area (Å²) < 4.78 is 38.7. The Kier molecular flexibility index (Phi) is 6.10. The maximum atomic E-state index is 12.1. The van der Waals surface area contributed by atoms with E-state index in [1.165, 1.54) is 18.2 Å². The number of hydrogen-bond acceptors (Lipinski definition) is 7. The first-order valence-corrected chi connectivity index (χ1v) is 9.63. The zero-order valence-corrected chi connectivity index (χ0v) is 15.2. The molecule has 0 saturated carbocycles. The van der Waals surface area contributed by atoms with Gasteiger partial charge in [-0.05, 0) is 25.3 Å². The third-order valence-corrected chi connectivity index (χ3v) is 5.58. The lowest BCUT2D eigenvalue weighted by Crippen LogP contribution is -2.03. The maximum Gasteiger partial charge on any atom is 0.311 e. The summed E-state index contributed by atoms with van der Waals surface area (Å²) in [6.07, 6.45) is 1.04. The maximum absolute atomic E-state index is 12.1. The molecule has 134 valence electrons. The fraction of sp³-hybridized carbons (Fsp3) is 0.267. The first-order valence-electron chi connectivity index (χ1n) is 7.31. The summed E-state index contributed by atoms with van der Waals surface area (Å²) in [6.45, 7) is 3.98. The second kappa shape index (κ2) is 8.08. The number of nitrogens with zero attached hydrogens (tertiary/aromatic N) is 2. The van der Waals surface area contributed by atoms with Gasteiger partial charge in [-0.25, -0.2) is 0 Å². The van der Waals surface area contributed by atoms with Crippen molar-refractivity contribution < 1.29 is 22.8 Å². The van der Waals surface area contributed by atoms with E-state index in [0.29, 0.717) is 6.61 Å². The average Bonchev–Trinajstić information content (AvgIpc) is 3.09. The van der Waals surface area contributed by atoms with Crippen LogP contribution in [0.2, 0.25) is 0 Å². The van der Waals surface area contributed by atoms with E-state index in [1.807, 2.05) is 0 Å². The first-order chi connectivity index (χ1) is 11.9. The Balaban J connectivity index is 2.49. The number of hydrogen-bond donors (Lipinski definition) is 0. The highest BCUT2D eigenvalue weighted by molar-refractivity contribution is 7.92. The molecule has 0 atom stereocenters. The molecule has 0 saturated heterocycles. The summed E-state index contributed by atoms with van der Waals surface area (Å²) >= 11 is 1.04. The van der Waals surface area contributed by atoms with E-state index in [-0.39, 0.29) is 33.6 Å². The normalized spacial score (nSPS) is 11.6. The summed E-state index contributed by atoms with van der Waals surface area (Å²) in [5.41, 5.74) is -0.114. The van der Waals surface area contributed by atoms with E-state index in [1.54, 1.807) is 25.3 Å². The SMILES string of the molecule is CCOc1cc(OCC)c([N+](=O)[O-])cc1/C=N\S(=O)(=O)c1cccs1. The van der Waals surface area contributed by atoms with E-state index in [9.17, 15) is 18.5 Å². The van der Waals surface area contributed by atoms with Crippen LogP contribution < -0.4 is 9.47 Å². The zero-order valence-electron chi connectivity index (χ0n) is 13.5. The molecule has 25 heavy (non-hydrogen) atoms. The topological polar surface area (TPSA) is 108 Å². The largest absolute Gasteiger partial charge is 0.493 e. The fourth-order valence-corrected chi connectivity index (χ4v) is 3.79. The van der Waals surface area contributed by atoms with Crippen molar-refractivity contribution in [1.29, 1.82) is 0 Å².